The fourth-order valence-corrected chi connectivity index (χ4v) is 2.74. The van der Waals surface area contributed by atoms with Crippen LogP contribution in [0.1, 0.15) is 38.2 Å². The van der Waals surface area contributed by atoms with Crippen LogP contribution in [0.3, 0.4) is 0 Å². The van der Waals surface area contributed by atoms with Gasteiger partial charge in [0, 0.05) is 12.1 Å². The molecule has 4 nitrogen and oxygen atoms in total. The normalized spacial score (nSPS) is 21.1. The molecule has 1 aliphatic carbocycles. The molecule has 1 aromatic rings. The minimum absolute atomic E-state index is 0.165. The molecule has 0 aliphatic heterocycles. The fourth-order valence-electron chi connectivity index (χ4n) is 2.74. The number of hydrogen-bond donors (Lipinski definition) is 1. The summed E-state index contributed by atoms with van der Waals surface area (Å²) >= 11 is 0. The van der Waals surface area contributed by atoms with E-state index in [2.05, 4.69) is 12.2 Å². The molecule has 1 aromatic carbocycles. The Balaban J connectivity index is 1.74. The topological polar surface area (TPSA) is 55.4 Å². The van der Waals surface area contributed by atoms with Gasteiger partial charge in [-0.15, -0.1) is 0 Å². The third kappa shape index (κ3) is 5.85. The number of ether oxygens (including phenoxy) is 1. The van der Waals surface area contributed by atoms with Crippen molar-refractivity contribution in [1.82, 2.24) is 5.32 Å². The first-order valence-electron chi connectivity index (χ1n) is 7.94. The van der Waals surface area contributed by atoms with E-state index < -0.39 is 5.97 Å². The van der Waals surface area contributed by atoms with Crippen LogP contribution < -0.4 is 5.32 Å². The van der Waals surface area contributed by atoms with Crippen molar-refractivity contribution in [3.63, 3.8) is 0 Å². The third-order valence-corrected chi connectivity index (χ3v) is 4.06. The van der Waals surface area contributed by atoms with Crippen LogP contribution in [-0.2, 0) is 14.3 Å². The van der Waals surface area contributed by atoms with Crippen molar-refractivity contribution in [1.29, 1.82) is 0 Å². The Bertz CT molecular complexity index is 585. The van der Waals surface area contributed by atoms with Gasteiger partial charge in [-0.1, -0.05) is 31.9 Å². The van der Waals surface area contributed by atoms with Gasteiger partial charge in [0.05, 0.1) is 0 Å². The number of rotatable bonds is 5. The first kappa shape index (κ1) is 17.2. The van der Waals surface area contributed by atoms with Crippen molar-refractivity contribution in [2.24, 2.45) is 5.92 Å². The van der Waals surface area contributed by atoms with Crippen LogP contribution in [0.5, 0.6) is 0 Å². The Morgan fingerprint density at radius 3 is 2.87 bits per heavy atom. The highest BCUT2D eigenvalue weighted by molar-refractivity contribution is 5.89. The molecule has 23 heavy (non-hydrogen) atoms. The molecule has 0 bridgehead atoms. The number of hydrogen-bond acceptors (Lipinski definition) is 3. The highest BCUT2D eigenvalue weighted by Gasteiger charge is 2.22. The summed E-state index contributed by atoms with van der Waals surface area (Å²) in [6.07, 6.45) is 7.04. The summed E-state index contributed by atoms with van der Waals surface area (Å²) in [4.78, 5) is 23.4. The number of amides is 1. The lowest BCUT2D eigenvalue weighted by molar-refractivity contribution is -0.144. The molecule has 1 fully saturated rings. The van der Waals surface area contributed by atoms with E-state index in [1.807, 2.05) is 0 Å². The largest absolute Gasteiger partial charge is 0.452 e. The molecule has 1 saturated carbocycles. The molecule has 0 saturated heterocycles. The van der Waals surface area contributed by atoms with Gasteiger partial charge in [0.1, 0.15) is 5.82 Å². The van der Waals surface area contributed by atoms with E-state index in [1.165, 1.54) is 30.7 Å². The van der Waals surface area contributed by atoms with Crippen LogP contribution in [-0.4, -0.2) is 24.5 Å². The second-order valence-electron chi connectivity index (χ2n) is 5.93. The third-order valence-electron chi connectivity index (χ3n) is 4.06. The van der Waals surface area contributed by atoms with E-state index >= 15 is 0 Å². The number of carbonyl (C=O) groups is 2. The second kappa shape index (κ2) is 8.46. The summed E-state index contributed by atoms with van der Waals surface area (Å²) in [5.41, 5.74) is 0.558. The van der Waals surface area contributed by atoms with Gasteiger partial charge < -0.3 is 10.1 Å². The van der Waals surface area contributed by atoms with Crippen LogP contribution in [0.15, 0.2) is 30.3 Å². The number of nitrogens with one attached hydrogen (secondary N) is 1. The Morgan fingerprint density at radius 2 is 2.13 bits per heavy atom. The zero-order valence-electron chi connectivity index (χ0n) is 13.3. The van der Waals surface area contributed by atoms with E-state index in [0.717, 1.165) is 19.3 Å². The first-order chi connectivity index (χ1) is 11.0. The van der Waals surface area contributed by atoms with E-state index in [1.54, 1.807) is 12.1 Å². The van der Waals surface area contributed by atoms with Gasteiger partial charge in [-0.3, -0.25) is 4.79 Å². The molecule has 0 aromatic heterocycles. The van der Waals surface area contributed by atoms with Crippen LogP contribution in [0, 0.1) is 11.7 Å². The lowest BCUT2D eigenvalue weighted by atomic mass is 9.86. The van der Waals surface area contributed by atoms with Crippen LogP contribution in [0.2, 0.25) is 0 Å². The fraction of sp³-hybridized carbons (Fsp3) is 0.444. The van der Waals surface area contributed by atoms with Gasteiger partial charge in [0.2, 0.25) is 0 Å². The van der Waals surface area contributed by atoms with Gasteiger partial charge in [-0.2, -0.15) is 0 Å². The van der Waals surface area contributed by atoms with Crippen LogP contribution in [0.25, 0.3) is 6.08 Å². The molecule has 2 rings (SSSR count). The molecule has 2 atom stereocenters. The van der Waals surface area contributed by atoms with Gasteiger partial charge in [0.15, 0.2) is 6.61 Å². The van der Waals surface area contributed by atoms with Crippen molar-refractivity contribution >= 4 is 18.0 Å². The van der Waals surface area contributed by atoms with Crippen molar-refractivity contribution in [2.45, 2.75) is 38.6 Å². The first-order valence-corrected chi connectivity index (χ1v) is 7.94. The molecule has 0 radical (unpaired) electrons. The lowest BCUT2D eigenvalue weighted by Gasteiger charge is -2.29. The molecular formula is C18H22FNO3. The minimum atomic E-state index is -0.624. The smallest absolute Gasteiger partial charge is 0.331 e. The minimum Gasteiger partial charge on any atom is -0.452 e. The van der Waals surface area contributed by atoms with Gasteiger partial charge in [-0.05, 0) is 42.5 Å². The summed E-state index contributed by atoms with van der Waals surface area (Å²) in [6, 6.07) is 6.02. The van der Waals surface area contributed by atoms with Crippen molar-refractivity contribution in [3.8, 4) is 0 Å². The molecule has 1 aliphatic rings. The van der Waals surface area contributed by atoms with E-state index in [-0.39, 0.29) is 24.4 Å². The van der Waals surface area contributed by atoms with Crippen LogP contribution >= 0.6 is 0 Å². The van der Waals surface area contributed by atoms with E-state index in [4.69, 9.17) is 4.74 Å². The molecule has 1 N–H and O–H groups in total. The molecule has 0 heterocycles. The average molecular weight is 319 g/mol. The zero-order valence-corrected chi connectivity index (χ0v) is 13.3. The molecule has 2 unspecified atom stereocenters. The standard InChI is InChI=1S/C18H22FNO3/c1-13-5-2-3-8-16(13)20-17(21)12-23-18(22)10-9-14-6-4-7-15(19)11-14/h4,6-7,9-11,13,16H,2-3,5,8,12H2,1H3,(H,20,21)/b10-9+. The highest BCUT2D eigenvalue weighted by atomic mass is 19.1. The van der Waals surface area contributed by atoms with E-state index in [9.17, 15) is 14.0 Å². The molecule has 0 spiro atoms. The summed E-state index contributed by atoms with van der Waals surface area (Å²) in [5, 5.41) is 2.92. The molecule has 1 amide bonds. The quantitative estimate of drug-likeness (QED) is 0.670. The average Bonchev–Trinajstić information content (AvgIpc) is 2.53. The van der Waals surface area contributed by atoms with Crippen molar-refractivity contribution in [3.05, 3.63) is 41.7 Å². The number of halogens is 1. The Kier molecular flexibility index (Phi) is 6.32. The molecule has 5 heteroatoms. The van der Waals surface area contributed by atoms with Gasteiger partial charge >= 0.3 is 5.97 Å². The highest BCUT2D eigenvalue weighted by Crippen LogP contribution is 2.23. The van der Waals surface area contributed by atoms with Gasteiger partial charge in [0.25, 0.3) is 5.91 Å². The zero-order chi connectivity index (χ0) is 16.7. The maximum absolute atomic E-state index is 13.0. The number of benzene rings is 1. The monoisotopic (exact) mass is 319 g/mol. The maximum atomic E-state index is 13.0. The Labute approximate surface area is 135 Å². The van der Waals surface area contributed by atoms with Crippen LogP contribution in [0.4, 0.5) is 4.39 Å². The Hall–Kier alpha value is -2.17. The Morgan fingerprint density at radius 1 is 1.35 bits per heavy atom. The van der Waals surface area contributed by atoms with Crippen molar-refractivity contribution in [2.75, 3.05) is 6.61 Å². The number of carbonyl (C=O) groups excluding carboxylic acids is 2. The SMILES string of the molecule is CC1CCCCC1NC(=O)COC(=O)/C=C/c1cccc(F)c1. The predicted molar refractivity (Wildman–Crippen MR) is 86.0 cm³/mol. The predicted octanol–water partition coefficient (Wildman–Crippen LogP) is 3.08. The summed E-state index contributed by atoms with van der Waals surface area (Å²) in [5.74, 6) is -0.824. The number of esters is 1. The lowest BCUT2D eigenvalue weighted by Crippen LogP contribution is -2.42. The maximum Gasteiger partial charge on any atom is 0.331 e. The summed E-state index contributed by atoms with van der Waals surface area (Å²) < 4.78 is 17.9. The van der Waals surface area contributed by atoms with E-state index in [0.29, 0.717) is 11.5 Å². The summed E-state index contributed by atoms with van der Waals surface area (Å²) in [6.45, 7) is 1.83. The molecular weight excluding hydrogens is 297 g/mol. The molecule has 124 valence electrons. The van der Waals surface area contributed by atoms with Gasteiger partial charge in [-0.25, -0.2) is 9.18 Å². The van der Waals surface area contributed by atoms with Crippen molar-refractivity contribution < 1.29 is 18.7 Å². The summed E-state index contributed by atoms with van der Waals surface area (Å²) in [7, 11) is 0. The second-order valence-corrected chi connectivity index (χ2v) is 5.93.